The Bertz CT molecular complexity index is 1070. The Morgan fingerprint density at radius 3 is 2.07 bits per heavy atom. The molecule has 1 aliphatic heterocycles. The normalized spacial score (nSPS) is 14.0. The van der Waals surface area contributed by atoms with Gasteiger partial charge < -0.3 is 5.32 Å². The maximum Gasteiger partial charge on any atom is 0.282 e. The average Bonchev–Trinajstić information content (AvgIpc) is 2.95. The number of halogens is 1. The molecular weight excluding hydrogens is 355 g/mol. The summed E-state index contributed by atoms with van der Waals surface area (Å²) < 4.78 is 13.2. The highest BCUT2D eigenvalue weighted by Crippen LogP contribution is 2.33. The second-order valence-electron chi connectivity index (χ2n) is 6.53. The van der Waals surface area contributed by atoms with Crippen LogP contribution in [0.2, 0.25) is 0 Å². The third-order valence-electron chi connectivity index (χ3n) is 4.55. The fraction of sp³-hybridized carbons (Fsp3) is 0.0435. The number of para-hydroxylation sites is 1. The molecule has 0 saturated heterocycles. The molecule has 1 heterocycles. The molecule has 0 fully saturated rings. The van der Waals surface area contributed by atoms with Crippen molar-refractivity contribution < 1.29 is 14.0 Å². The van der Waals surface area contributed by atoms with Crippen LogP contribution >= 0.6 is 0 Å². The van der Waals surface area contributed by atoms with Crippen molar-refractivity contribution >= 4 is 28.8 Å². The standard InChI is InChI=1S/C23H17FN2O2/c1-15-7-9-16(10-8-15)20-21(25-18-13-11-17(24)12-14-18)23(28)26(22(20)27)19-5-3-2-4-6-19/h2-14,25H,1H3. The lowest BCUT2D eigenvalue weighted by Crippen LogP contribution is -2.32. The first-order valence-corrected chi connectivity index (χ1v) is 8.82. The molecule has 0 bridgehead atoms. The minimum Gasteiger partial charge on any atom is -0.350 e. The van der Waals surface area contributed by atoms with Crippen LogP contribution in [0, 0.1) is 12.7 Å². The Balaban J connectivity index is 1.81. The van der Waals surface area contributed by atoms with Gasteiger partial charge in [0.25, 0.3) is 11.8 Å². The van der Waals surface area contributed by atoms with Crippen molar-refractivity contribution in [3.63, 3.8) is 0 Å². The van der Waals surface area contributed by atoms with Crippen LogP contribution < -0.4 is 10.2 Å². The molecule has 0 radical (unpaired) electrons. The zero-order valence-corrected chi connectivity index (χ0v) is 15.1. The number of carbonyl (C=O) groups is 2. The molecule has 138 valence electrons. The van der Waals surface area contributed by atoms with E-state index in [0.717, 1.165) is 10.5 Å². The van der Waals surface area contributed by atoms with Crippen LogP contribution in [0.5, 0.6) is 0 Å². The summed E-state index contributed by atoms with van der Waals surface area (Å²) in [5.74, 6) is -1.22. The first-order valence-electron chi connectivity index (χ1n) is 8.82. The molecule has 4 rings (SSSR count). The van der Waals surface area contributed by atoms with Gasteiger partial charge in [-0.1, -0.05) is 48.0 Å². The van der Waals surface area contributed by atoms with E-state index in [-0.39, 0.29) is 17.1 Å². The summed E-state index contributed by atoms with van der Waals surface area (Å²) in [6, 6.07) is 21.8. The predicted octanol–water partition coefficient (Wildman–Crippen LogP) is 4.53. The number of hydrogen-bond acceptors (Lipinski definition) is 3. The number of imide groups is 1. The summed E-state index contributed by atoms with van der Waals surface area (Å²) in [4.78, 5) is 27.5. The molecule has 4 nitrogen and oxygen atoms in total. The van der Waals surface area contributed by atoms with Crippen LogP contribution in [0.3, 0.4) is 0 Å². The number of hydrogen-bond donors (Lipinski definition) is 1. The molecule has 2 amide bonds. The minimum absolute atomic E-state index is 0.171. The highest BCUT2D eigenvalue weighted by atomic mass is 19.1. The Morgan fingerprint density at radius 2 is 1.43 bits per heavy atom. The second kappa shape index (κ2) is 7.12. The van der Waals surface area contributed by atoms with Crippen molar-refractivity contribution in [1.29, 1.82) is 0 Å². The molecule has 0 atom stereocenters. The fourth-order valence-corrected chi connectivity index (χ4v) is 3.12. The van der Waals surface area contributed by atoms with E-state index in [9.17, 15) is 14.0 Å². The van der Waals surface area contributed by atoms with E-state index in [1.165, 1.54) is 24.3 Å². The van der Waals surface area contributed by atoms with Gasteiger partial charge in [0, 0.05) is 5.69 Å². The van der Waals surface area contributed by atoms with E-state index in [0.29, 0.717) is 16.9 Å². The quantitative estimate of drug-likeness (QED) is 0.685. The topological polar surface area (TPSA) is 49.4 Å². The largest absolute Gasteiger partial charge is 0.350 e. The summed E-state index contributed by atoms with van der Waals surface area (Å²) in [7, 11) is 0. The van der Waals surface area contributed by atoms with E-state index < -0.39 is 11.8 Å². The SMILES string of the molecule is Cc1ccc(C2=C(Nc3ccc(F)cc3)C(=O)N(c3ccccc3)C2=O)cc1. The molecule has 1 aliphatic rings. The lowest BCUT2D eigenvalue weighted by Gasteiger charge is -2.15. The van der Waals surface area contributed by atoms with Crippen LogP contribution in [0.1, 0.15) is 11.1 Å². The Hall–Kier alpha value is -3.73. The van der Waals surface area contributed by atoms with E-state index in [1.54, 1.807) is 24.3 Å². The van der Waals surface area contributed by atoms with Crippen LogP contribution in [-0.4, -0.2) is 11.8 Å². The van der Waals surface area contributed by atoms with Crippen molar-refractivity contribution in [2.45, 2.75) is 6.92 Å². The summed E-state index contributed by atoms with van der Waals surface area (Å²) in [6.45, 7) is 1.95. The Kier molecular flexibility index (Phi) is 4.49. The van der Waals surface area contributed by atoms with Gasteiger partial charge in [0.1, 0.15) is 11.5 Å². The third kappa shape index (κ3) is 3.18. The molecule has 0 saturated carbocycles. The minimum atomic E-state index is -0.448. The van der Waals surface area contributed by atoms with Gasteiger partial charge in [0.05, 0.1) is 11.3 Å². The Morgan fingerprint density at radius 1 is 0.786 bits per heavy atom. The van der Waals surface area contributed by atoms with Gasteiger partial charge in [-0.25, -0.2) is 9.29 Å². The van der Waals surface area contributed by atoms with E-state index in [2.05, 4.69) is 5.32 Å². The number of anilines is 2. The maximum absolute atomic E-state index is 13.2. The molecule has 1 N–H and O–H groups in total. The predicted molar refractivity (Wildman–Crippen MR) is 107 cm³/mol. The molecule has 3 aromatic carbocycles. The summed E-state index contributed by atoms with van der Waals surface area (Å²) in [6.07, 6.45) is 0. The van der Waals surface area contributed by atoms with Crippen LogP contribution in [-0.2, 0) is 9.59 Å². The van der Waals surface area contributed by atoms with Crippen molar-refractivity contribution in [3.8, 4) is 0 Å². The number of amides is 2. The number of carbonyl (C=O) groups excluding carboxylic acids is 2. The monoisotopic (exact) mass is 372 g/mol. The molecule has 28 heavy (non-hydrogen) atoms. The van der Waals surface area contributed by atoms with Crippen molar-refractivity contribution in [2.24, 2.45) is 0 Å². The van der Waals surface area contributed by atoms with Crippen molar-refractivity contribution in [3.05, 3.63) is 102 Å². The highest BCUT2D eigenvalue weighted by molar-refractivity contribution is 6.46. The first-order chi connectivity index (χ1) is 13.5. The molecule has 5 heteroatoms. The number of nitrogens with one attached hydrogen (secondary N) is 1. The van der Waals surface area contributed by atoms with Gasteiger partial charge in [-0.05, 0) is 48.9 Å². The van der Waals surface area contributed by atoms with Crippen LogP contribution in [0.15, 0.2) is 84.6 Å². The number of rotatable bonds is 4. The summed E-state index contributed by atoms with van der Waals surface area (Å²) >= 11 is 0. The average molecular weight is 372 g/mol. The van der Waals surface area contributed by atoms with Gasteiger partial charge >= 0.3 is 0 Å². The maximum atomic E-state index is 13.2. The number of nitrogens with zero attached hydrogens (tertiary/aromatic N) is 1. The first kappa shape index (κ1) is 17.7. The smallest absolute Gasteiger partial charge is 0.282 e. The Labute approximate surface area is 161 Å². The molecule has 0 aromatic heterocycles. The van der Waals surface area contributed by atoms with E-state index in [4.69, 9.17) is 0 Å². The third-order valence-corrected chi connectivity index (χ3v) is 4.55. The summed E-state index contributed by atoms with van der Waals surface area (Å²) in [5.41, 5.74) is 3.18. The molecular formula is C23H17FN2O2. The number of benzene rings is 3. The van der Waals surface area contributed by atoms with E-state index in [1.807, 2.05) is 37.3 Å². The van der Waals surface area contributed by atoms with Gasteiger partial charge in [-0.15, -0.1) is 0 Å². The highest BCUT2D eigenvalue weighted by Gasteiger charge is 2.40. The second-order valence-corrected chi connectivity index (χ2v) is 6.53. The molecule has 0 unspecified atom stereocenters. The van der Waals surface area contributed by atoms with Gasteiger partial charge in [0.2, 0.25) is 0 Å². The van der Waals surface area contributed by atoms with Gasteiger partial charge in [-0.3, -0.25) is 9.59 Å². The lowest BCUT2D eigenvalue weighted by molar-refractivity contribution is -0.120. The van der Waals surface area contributed by atoms with Gasteiger partial charge in [-0.2, -0.15) is 0 Å². The van der Waals surface area contributed by atoms with Crippen LogP contribution in [0.25, 0.3) is 5.57 Å². The van der Waals surface area contributed by atoms with Crippen molar-refractivity contribution in [1.82, 2.24) is 0 Å². The molecule has 3 aromatic rings. The number of aryl methyl sites for hydroxylation is 1. The van der Waals surface area contributed by atoms with Crippen molar-refractivity contribution in [2.75, 3.05) is 10.2 Å². The fourth-order valence-electron chi connectivity index (χ4n) is 3.12. The molecule has 0 spiro atoms. The zero-order valence-electron chi connectivity index (χ0n) is 15.1. The van der Waals surface area contributed by atoms with Gasteiger partial charge in [0.15, 0.2) is 0 Å². The summed E-state index contributed by atoms with van der Waals surface area (Å²) in [5, 5.41) is 3.01. The molecule has 0 aliphatic carbocycles. The lowest BCUT2D eigenvalue weighted by atomic mass is 10.0. The van der Waals surface area contributed by atoms with Crippen LogP contribution in [0.4, 0.5) is 15.8 Å². The zero-order chi connectivity index (χ0) is 19.7. The van der Waals surface area contributed by atoms with E-state index >= 15 is 0 Å².